The number of pyridine rings is 2. The Morgan fingerprint density at radius 1 is 1.16 bits per heavy atom. The molecular weight excluding hydrogens is 487 g/mol. The van der Waals surface area contributed by atoms with E-state index in [1.807, 2.05) is 6.07 Å². The number of carbonyl (C=O) groups is 1. The van der Waals surface area contributed by atoms with E-state index in [-0.39, 0.29) is 17.7 Å². The molecular formula is C26H20F3N5O3. The molecule has 0 aliphatic carbocycles. The molecule has 0 saturated carbocycles. The van der Waals surface area contributed by atoms with Gasteiger partial charge in [0.15, 0.2) is 11.8 Å². The number of methoxy groups -OCH3 is 1. The van der Waals surface area contributed by atoms with E-state index >= 15 is 0 Å². The normalized spacial score (nSPS) is 13.5. The predicted octanol–water partition coefficient (Wildman–Crippen LogP) is 5.55. The monoisotopic (exact) mass is 507 g/mol. The van der Waals surface area contributed by atoms with Crippen LogP contribution in [0.4, 0.5) is 24.5 Å². The van der Waals surface area contributed by atoms with Crippen molar-refractivity contribution in [2.45, 2.75) is 25.4 Å². The van der Waals surface area contributed by atoms with E-state index in [1.165, 1.54) is 25.6 Å². The maximum Gasteiger partial charge on any atom is 0.406 e. The Hall–Kier alpha value is -4.38. The quantitative estimate of drug-likeness (QED) is 0.370. The molecule has 8 nitrogen and oxygen atoms in total. The van der Waals surface area contributed by atoms with Crippen LogP contribution in [0.1, 0.15) is 17.2 Å². The summed E-state index contributed by atoms with van der Waals surface area (Å²) in [4.78, 5) is 30.0. The number of hydrogen-bond acceptors (Lipinski definition) is 6. The van der Waals surface area contributed by atoms with Crippen LogP contribution in [0.25, 0.3) is 22.0 Å². The van der Waals surface area contributed by atoms with Crippen molar-refractivity contribution in [2.24, 2.45) is 10.2 Å². The van der Waals surface area contributed by atoms with E-state index in [1.54, 1.807) is 42.5 Å². The highest BCUT2D eigenvalue weighted by atomic mass is 19.4. The first kappa shape index (κ1) is 24.3. The molecule has 1 N–H and O–H groups in total. The highest BCUT2D eigenvalue weighted by Gasteiger charge is 2.31. The summed E-state index contributed by atoms with van der Waals surface area (Å²) in [6, 6.07) is 15.4. The first-order valence-corrected chi connectivity index (χ1v) is 11.2. The van der Waals surface area contributed by atoms with Crippen molar-refractivity contribution < 1.29 is 22.7 Å². The molecule has 2 aromatic heterocycles. The summed E-state index contributed by atoms with van der Waals surface area (Å²) >= 11 is 0. The van der Waals surface area contributed by atoms with Crippen LogP contribution in [0.3, 0.4) is 0 Å². The molecule has 0 radical (unpaired) electrons. The summed E-state index contributed by atoms with van der Waals surface area (Å²) in [5.74, 6) is -0.446. The molecule has 0 fully saturated rings. The Morgan fingerprint density at radius 2 is 1.95 bits per heavy atom. The van der Waals surface area contributed by atoms with Gasteiger partial charge in [-0.05, 0) is 23.3 Å². The van der Waals surface area contributed by atoms with E-state index in [9.17, 15) is 22.8 Å². The van der Waals surface area contributed by atoms with Gasteiger partial charge in [0, 0.05) is 29.8 Å². The number of hydrogen-bond donors (Lipinski definition) is 1. The van der Waals surface area contributed by atoms with Crippen LogP contribution >= 0.6 is 0 Å². The van der Waals surface area contributed by atoms with Crippen molar-refractivity contribution >= 4 is 28.2 Å². The van der Waals surface area contributed by atoms with Crippen molar-refractivity contribution in [3.8, 4) is 11.1 Å². The summed E-state index contributed by atoms with van der Waals surface area (Å²) < 4.78 is 46.3. The van der Waals surface area contributed by atoms with Crippen LogP contribution in [0, 0.1) is 0 Å². The van der Waals surface area contributed by atoms with Gasteiger partial charge in [0.1, 0.15) is 6.54 Å². The zero-order valence-corrected chi connectivity index (χ0v) is 19.5. The molecule has 188 valence electrons. The molecule has 3 heterocycles. The number of nitrogens with zero attached hydrogens (tertiary/aromatic N) is 4. The average Bonchev–Trinajstić information content (AvgIpc) is 3.38. The smallest absolute Gasteiger partial charge is 0.367 e. The van der Waals surface area contributed by atoms with Crippen LogP contribution in [-0.2, 0) is 22.6 Å². The van der Waals surface area contributed by atoms with Crippen LogP contribution in [0.15, 0.2) is 82.0 Å². The first-order valence-electron chi connectivity index (χ1n) is 11.2. The maximum absolute atomic E-state index is 13.4. The zero-order chi connectivity index (χ0) is 26.2. The lowest BCUT2D eigenvalue weighted by Gasteiger charge is -2.18. The lowest BCUT2D eigenvalue weighted by atomic mass is 10.00. The summed E-state index contributed by atoms with van der Waals surface area (Å²) in [5, 5.41) is 10.9. The van der Waals surface area contributed by atoms with Gasteiger partial charge >= 0.3 is 6.18 Å². The molecule has 1 aliphatic rings. The molecule has 37 heavy (non-hydrogen) atoms. The topological polar surface area (TPSA) is 97.9 Å². The van der Waals surface area contributed by atoms with Gasteiger partial charge in [-0.1, -0.05) is 42.5 Å². The number of nitrogens with one attached hydrogen (secondary N) is 1. The molecule has 4 aromatic rings. The largest absolute Gasteiger partial charge is 0.406 e. The van der Waals surface area contributed by atoms with Gasteiger partial charge in [-0.2, -0.15) is 18.3 Å². The number of halogens is 3. The maximum atomic E-state index is 13.4. The number of aromatic nitrogens is 2. The van der Waals surface area contributed by atoms with Crippen molar-refractivity contribution in [1.29, 1.82) is 0 Å². The summed E-state index contributed by atoms with van der Waals surface area (Å²) in [7, 11) is 1.42. The average molecular weight is 507 g/mol. The molecule has 1 aliphatic heterocycles. The van der Waals surface area contributed by atoms with Crippen molar-refractivity contribution in [3.63, 3.8) is 0 Å². The fourth-order valence-corrected chi connectivity index (χ4v) is 4.41. The Bertz CT molecular complexity index is 1580. The molecule has 1 unspecified atom stereocenters. The lowest BCUT2D eigenvalue weighted by molar-refractivity contribution is -0.140. The second-order valence-corrected chi connectivity index (χ2v) is 8.40. The first-order chi connectivity index (χ1) is 17.8. The highest BCUT2D eigenvalue weighted by molar-refractivity contribution is 5.99. The third-order valence-electron chi connectivity index (χ3n) is 6.05. The number of alkyl halides is 3. The number of carbonyl (C=O) groups excluding carboxylic acids is 1. The minimum absolute atomic E-state index is 0.0760. The number of anilines is 1. The minimum atomic E-state index is -4.63. The van der Waals surface area contributed by atoms with Gasteiger partial charge in [0.2, 0.25) is 0 Å². The zero-order valence-electron chi connectivity index (χ0n) is 19.5. The molecule has 11 heteroatoms. The van der Waals surface area contributed by atoms with Crippen LogP contribution in [0.5, 0.6) is 0 Å². The second-order valence-electron chi connectivity index (χ2n) is 8.40. The molecule has 0 bridgehead atoms. The van der Waals surface area contributed by atoms with Crippen LogP contribution in [0.2, 0.25) is 0 Å². The van der Waals surface area contributed by atoms with E-state index < -0.39 is 30.3 Å². The number of fused-ring (bicyclic) bond motifs is 3. The lowest BCUT2D eigenvalue weighted by Crippen LogP contribution is -2.28. The Labute approximate surface area is 208 Å². The van der Waals surface area contributed by atoms with Crippen molar-refractivity contribution in [1.82, 2.24) is 9.55 Å². The number of benzene rings is 2. The van der Waals surface area contributed by atoms with E-state index in [2.05, 4.69) is 20.5 Å². The summed E-state index contributed by atoms with van der Waals surface area (Å²) in [5.41, 5.74) is 1.63. The van der Waals surface area contributed by atoms with Gasteiger partial charge in [0.05, 0.1) is 23.9 Å². The molecule has 0 spiro atoms. The van der Waals surface area contributed by atoms with E-state index in [0.717, 1.165) is 0 Å². The van der Waals surface area contributed by atoms with Gasteiger partial charge in [0.25, 0.3) is 11.5 Å². The predicted molar refractivity (Wildman–Crippen MR) is 131 cm³/mol. The highest BCUT2D eigenvalue weighted by Crippen LogP contribution is 2.36. The van der Waals surface area contributed by atoms with E-state index in [4.69, 9.17) is 4.74 Å². The Kier molecular flexibility index (Phi) is 6.30. The fraction of sp³-hybridized carbons (Fsp3) is 0.192. The molecule has 1 amide bonds. The number of rotatable bonds is 6. The SMILES string of the molecule is COC(C(=O)Nc1cnccc1-c1ccc2c3c(c(=O)n(CC(F)(F)F)c2c1)N=NC3)c1ccccc1. The van der Waals surface area contributed by atoms with Crippen LogP contribution in [-0.4, -0.2) is 28.7 Å². The Balaban J connectivity index is 1.59. The standard InChI is InChI=1S/C26H20F3N5O3/c1-37-23(15-5-3-2-4-6-15)24(35)32-20-13-30-10-9-17(20)16-7-8-18-19-12-31-33-22(19)25(36)34(21(18)11-16)14-26(27,28)29/h2-11,13,23H,12,14H2,1H3,(H,32,35). The third-order valence-corrected chi connectivity index (χ3v) is 6.05. The van der Waals surface area contributed by atoms with Crippen molar-refractivity contribution in [3.05, 3.63) is 88.5 Å². The van der Waals surface area contributed by atoms with Gasteiger partial charge in [-0.25, -0.2) is 0 Å². The van der Waals surface area contributed by atoms with Crippen molar-refractivity contribution in [2.75, 3.05) is 12.4 Å². The van der Waals surface area contributed by atoms with E-state index in [0.29, 0.717) is 37.9 Å². The van der Waals surface area contributed by atoms with Gasteiger partial charge < -0.3 is 10.1 Å². The molecule has 1 atom stereocenters. The molecule has 0 saturated heterocycles. The van der Waals surface area contributed by atoms with Crippen LogP contribution < -0.4 is 10.9 Å². The summed E-state index contributed by atoms with van der Waals surface area (Å²) in [6.45, 7) is -1.36. The molecule has 5 rings (SSSR count). The number of amides is 1. The van der Waals surface area contributed by atoms with Gasteiger partial charge in [-0.15, -0.1) is 5.11 Å². The number of ether oxygens (including phenoxy) is 1. The Morgan fingerprint density at radius 3 is 2.68 bits per heavy atom. The minimum Gasteiger partial charge on any atom is -0.367 e. The number of azo groups is 1. The second kappa shape index (κ2) is 9.58. The molecule has 2 aromatic carbocycles. The fourth-order valence-electron chi connectivity index (χ4n) is 4.41. The third kappa shape index (κ3) is 4.73. The summed E-state index contributed by atoms with van der Waals surface area (Å²) in [6.07, 6.45) is -2.57. The van der Waals surface area contributed by atoms with Gasteiger partial charge in [-0.3, -0.25) is 19.1 Å².